The SMILES string of the molecule is CCCc1nc(-c2cccnc2)cn2c(CC(=O)N[C@@H](CC3CCCCC3)[C@@H](O)[C@@H](O)C3CC3)nnc12. The van der Waals surface area contributed by atoms with Crippen LogP contribution in [0.5, 0.6) is 0 Å². The molecule has 0 radical (unpaired) electrons. The molecule has 3 atom stereocenters. The van der Waals surface area contributed by atoms with E-state index in [1.54, 1.807) is 12.4 Å². The van der Waals surface area contributed by atoms with Gasteiger partial charge >= 0.3 is 0 Å². The Morgan fingerprint density at radius 3 is 2.68 bits per heavy atom. The summed E-state index contributed by atoms with van der Waals surface area (Å²) in [6.45, 7) is 2.09. The summed E-state index contributed by atoms with van der Waals surface area (Å²) >= 11 is 0. The van der Waals surface area contributed by atoms with Crippen LogP contribution >= 0.6 is 0 Å². The van der Waals surface area contributed by atoms with Crippen LogP contribution in [0.1, 0.15) is 76.2 Å². The van der Waals surface area contributed by atoms with E-state index in [4.69, 9.17) is 4.98 Å². The van der Waals surface area contributed by atoms with E-state index in [1.165, 1.54) is 19.3 Å². The number of aryl methyl sites for hydroxylation is 1. The summed E-state index contributed by atoms with van der Waals surface area (Å²) in [5.74, 6) is 0.885. The molecule has 0 spiro atoms. The van der Waals surface area contributed by atoms with Gasteiger partial charge in [0.1, 0.15) is 11.9 Å². The highest BCUT2D eigenvalue weighted by Crippen LogP contribution is 2.36. The summed E-state index contributed by atoms with van der Waals surface area (Å²) < 4.78 is 1.85. The lowest BCUT2D eigenvalue weighted by atomic mass is 9.82. The molecule has 2 aliphatic carbocycles. The van der Waals surface area contributed by atoms with Crippen molar-refractivity contribution in [1.29, 1.82) is 0 Å². The van der Waals surface area contributed by atoms with Gasteiger partial charge in [0.2, 0.25) is 5.91 Å². The maximum absolute atomic E-state index is 13.3. The predicted molar refractivity (Wildman–Crippen MR) is 140 cm³/mol. The van der Waals surface area contributed by atoms with E-state index < -0.39 is 18.2 Å². The molecule has 1 amide bonds. The van der Waals surface area contributed by atoms with Crippen molar-refractivity contribution in [3.05, 3.63) is 42.2 Å². The quantitative estimate of drug-likeness (QED) is 0.364. The van der Waals surface area contributed by atoms with Crippen molar-refractivity contribution in [2.75, 3.05) is 0 Å². The molecule has 2 aliphatic rings. The lowest BCUT2D eigenvalue weighted by Gasteiger charge is -2.32. The molecule has 0 unspecified atom stereocenters. The van der Waals surface area contributed by atoms with Gasteiger partial charge in [0.25, 0.3) is 0 Å². The molecule has 5 rings (SSSR count). The molecule has 9 heteroatoms. The molecular weight excluding hydrogens is 468 g/mol. The smallest absolute Gasteiger partial charge is 0.227 e. The van der Waals surface area contributed by atoms with Crippen molar-refractivity contribution in [3.8, 4) is 11.3 Å². The number of pyridine rings is 1. The van der Waals surface area contributed by atoms with Gasteiger partial charge in [0.05, 0.1) is 30.0 Å². The number of carbonyl (C=O) groups is 1. The van der Waals surface area contributed by atoms with Gasteiger partial charge < -0.3 is 15.5 Å². The molecular formula is C28H38N6O3. The molecule has 2 saturated carbocycles. The fraction of sp³-hybridized carbons (Fsp3) is 0.607. The second kappa shape index (κ2) is 11.6. The average molecular weight is 507 g/mol. The zero-order valence-corrected chi connectivity index (χ0v) is 21.6. The molecule has 3 aromatic rings. The van der Waals surface area contributed by atoms with Gasteiger partial charge in [-0.25, -0.2) is 4.98 Å². The third kappa shape index (κ3) is 6.15. The Labute approximate surface area is 217 Å². The van der Waals surface area contributed by atoms with E-state index in [-0.39, 0.29) is 18.2 Å². The van der Waals surface area contributed by atoms with E-state index in [1.807, 2.05) is 22.7 Å². The number of nitrogens with one attached hydrogen (secondary N) is 1. The average Bonchev–Trinajstić information content (AvgIpc) is 3.70. The Balaban J connectivity index is 1.36. The standard InChI is InChI=1S/C28H38N6O3/c1-2-7-21-28-33-32-24(34(28)17-23(30-21)20-10-6-13-29-16-20)15-25(35)31-22(14-18-8-4-3-5-9-18)27(37)26(36)19-11-12-19/h6,10,13,16-19,22,26-27,36-37H,2-5,7-9,11-12,14-15H2,1H3,(H,31,35)/t22-,26-,27+/m0/s1. The number of aliphatic hydroxyl groups is 2. The summed E-state index contributed by atoms with van der Waals surface area (Å²) in [7, 11) is 0. The van der Waals surface area contributed by atoms with E-state index in [0.29, 0.717) is 23.8 Å². The van der Waals surface area contributed by atoms with Gasteiger partial charge in [0.15, 0.2) is 5.65 Å². The van der Waals surface area contributed by atoms with Gasteiger partial charge in [-0.15, -0.1) is 10.2 Å². The maximum atomic E-state index is 13.3. The number of rotatable bonds is 11. The number of hydrogen-bond acceptors (Lipinski definition) is 7. The molecule has 3 N–H and O–H groups in total. The van der Waals surface area contributed by atoms with Gasteiger partial charge in [-0.1, -0.05) is 45.4 Å². The Bertz CT molecular complexity index is 1190. The molecule has 2 fully saturated rings. The zero-order valence-electron chi connectivity index (χ0n) is 21.6. The number of carbonyl (C=O) groups excluding carboxylic acids is 1. The lowest BCUT2D eigenvalue weighted by Crippen LogP contribution is -2.50. The zero-order chi connectivity index (χ0) is 25.8. The lowest BCUT2D eigenvalue weighted by molar-refractivity contribution is -0.123. The maximum Gasteiger partial charge on any atom is 0.227 e. The predicted octanol–water partition coefficient (Wildman–Crippen LogP) is 3.27. The van der Waals surface area contributed by atoms with E-state index >= 15 is 0 Å². The summed E-state index contributed by atoms with van der Waals surface area (Å²) in [4.78, 5) is 22.3. The van der Waals surface area contributed by atoms with E-state index in [0.717, 1.165) is 55.5 Å². The molecule has 0 bridgehead atoms. The summed E-state index contributed by atoms with van der Waals surface area (Å²) in [5, 5.41) is 33.4. The largest absolute Gasteiger partial charge is 0.390 e. The number of fused-ring (bicyclic) bond motifs is 1. The van der Waals surface area contributed by atoms with Crippen molar-refractivity contribution in [2.45, 2.75) is 95.8 Å². The first kappa shape index (κ1) is 25.7. The molecule has 3 aromatic heterocycles. The second-order valence-corrected chi connectivity index (χ2v) is 10.8. The van der Waals surface area contributed by atoms with Crippen LogP contribution in [0, 0.1) is 11.8 Å². The minimum Gasteiger partial charge on any atom is -0.390 e. The Morgan fingerprint density at radius 1 is 1.16 bits per heavy atom. The molecule has 9 nitrogen and oxygen atoms in total. The van der Waals surface area contributed by atoms with Crippen LogP contribution in [0.4, 0.5) is 0 Å². The summed E-state index contributed by atoms with van der Waals surface area (Å²) in [5.41, 5.74) is 3.13. The van der Waals surface area contributed by atoms with Crippen molar-refractivity contribution in [1.82, 2.24) is 29.9 Å². The highest BCUT2D eigenvalue weighted by molar-refractivity contribution is 5.78. The topological polar surface area (TPSA) is 126 Å². The third-order valence-electron chi connectivity index (χ3n) is 7.82. The van der Waals surface area contributed by atoms with Crippen molar-refractivity contribution in [2.24, 2.45) is 11.8 Å². The minimum atomic E-state index is -0.967. The van der Waals surface area contributed by atoms with Crippen LogP contribution in [-0.4, -0.2) is 58.9 Å². The van der Waals surface area contributed by atoms with Gasteiger partial charge in [-0.2, -0.15) is 0 Å². The first-order valence-corrected chi connectivity index (χ1v) is 13.8. The number of aliphatic hydroxyl groups excluding tert-OH is 2. The molecule has 0 aliphatic heterocycles. The van der Waals surface area contributed by atoms with Crippen LogP contribution in [0.15, 0.2) is 30.7 Å². The highest BCUT2D eigenvalue weighted by atomic mass is 16.3. The van der Waals surface area contributed by atoms with Gasteiger partial charge in [0, 0.05) is 24.2 Å². The van der Waals surface area contributed by atoms with Gasteiger partial charge in [-0.05, 0) is 49.7 Å². The van der Waals surface area contributed by atoms with Crippen LogP contribution in [0.2, 0.25) is 0 Å². The first-order chi connectivity index (χ1) is 18.0. The highest BCUT2D eigenvalue weighted by Gasteiger charge is 2.39. The number of hydrogen-bond donors (Lipinski definition) is 3. The van der Waals surface area contributed by atoms with Crippen molar-refractivity contribution in [3.63, 3.8) is 0 Å². The first-order valence-electron chi connectivity index (χ1n) is 13.8. The van der Waals surface area contributed by atoms with Crippen LogP contribution < -0.4 is 5.32 Å². The Kier molecular flexibility index (Phi) is 8.10. The van der Waals surface area contributed by atoms with Crippen LogP contribution in [0.3, 0.4) is 0 Å². The molecule has 0 aromatic carbocycles. The van der Waals surface area contributed by atoms with Crippen molar-refractivity contribution >= 4 is 11.6 Å². The number of nitrogens with zero attached hydrogens (tertiary/aromatic N) is 5. The third-order valence-corrected chi connectivity index (χ3v) is 7.82. The minimum absolute atomic E-state index is 0.0244. The van der Waals surface area contributed by atoms with E-state index in [9.17, 15) is 15.0 Å². The normalized spacial score (nSPS) is 19.0. The summed E-state index contributed by atoms with van der Waals surface area (Å²) in [6, 6.07) is 3.35. The molecule has 0 saturated heterocycles. The Hall–Kier alpha value is -2.91. The fourth-order valence-corrected chi connectivity index (χ4v) is 5.60. The second-order valence-electron chi connectivity index (χ2n) is 10.8. The molecule has 3 heterocycles. The molecule has 37 heavy (non-hydrogen) atoms. The monoisotopic (exact) mass is 506 g/mol. The van der Waals surface area contributed by atoms with Crippen molar-refractivity contribution < 1.29 is 15.0 Å². The molecule has 198 valence electrons. The van der Waals surface area contributed by atoms with Crippen LogP contribution in [0.25, 0.3) is 16.9 Å². The summed E-state index contributed by atoms with van der Waals surface area (Å²) in [6.07, 6.45) is 13.7. The van der Waals surface area contributed by atoms with Crippen LogP contribution in [-0.2, 0) is 17.6 Å². The number of amides is 1. The Morgan fingerprint density at radius 2 is 1.97 bits per heavy atom. The van der Waals surface area contributed by atoms with Gasteiger partial charge in [-0.3, -0.25) is 14.2 Å². The number of aromatic nitrogens is 5. The fourth-order valence-electron chi connectivity index (χ4n) is 5.60. The van der Waals surface area contributed by atoms with E-state index in [2.05, 4.69) is 27.4 Å².